The molecule has 148 valence electrons. The maximum Gasteiger partial charge on any atom is 0.337 e. The van der Waals surface area contributed by atoms with Gasteiger partial charge in [-0.05, 0) is 48.5 Å². The number of esters is 1. The molecule has 2 aromatic carbocycles. The summed E-state index contributed by atoms with van der Waals surface area (Å²) in [7, 11) is 5.39. The molecule has 0 unspecified atom stereocenters. The second-order valence-corrected chi connectivity index (χ2v) is 6.88. The van der Waals surface area contributed by atoms with Crippen molar-refractivity contribution < 1.29 is 14.3 Å². The Morgan fingerprint density at radius 1 is 0.929 bits per heavy atom. The number of amides is 2. The lowest BCUT2D eigenvalue weighted by Gasteiger charge is -2.36. The number of nitrogens with zero attached hydrogens (tertiary/aromatic N) is 3. The van der Waals surface area contributed by atoms with Gasteiger partial charge in [0.15, 0.2) is 0 Å². The average molecular weight is 382 g/mol. The zero-order chi connectivity index (χ0) is 20.1. The molecule has 1 fully saturated rings. The Kier molecular flexibility index (Phi) is 6.03. The molecule has 0 radical (unpaired) electrons. The molecule has 1 N–H and O–H groups in total. The summed E-state index contributed by atoms with van der Waals surface area (Å²) in [6.07, 6.45) is 0. The van der Waals surface area contributed by atoms with Gasteiger partial charge in [-0.1, -0.05) is 0 Å². The maximum atomic E-state index is 12.5. The van der Waals surface area contributed by atoms with E-state index in [0.29, 0.717) is 24.3 Å². The first kappa shape index (κ1) is 19.5. The fourth-order valence-electron chi connectivity index (χ4n) is 3.14. The number of methoxy groups -OCH3 is 1. The molecule has 28 heavy (non-hydrogen) atoms. The van der Waals surface area contributed by atoms with Gasteiger partial charge in [0.05, 0.1) is 12.7 Å². The van der Waals surface area contributed by atoms with Crippen molar-refractivity contribution in [2.24, 2.45) is 0 Å². The van der Waals surface area contributed by atoms with E-state index < -0.39 is 5.97 Å². The molecular weight excluding hydrogens is 356 g/mol. The number of carbonyl (C=O) groups excluding carboxylic acids is 2. The smallest absolute Gasteiger partial charge is 0.337 e. The zero-order valence-corrected chi connectivity index (χ0v) is 16.5. The summed E-state index contributed by atoms with van der Waals surface area (Å²) >= 11 is 0. The number of urea groups is 1. The summed E-state index contributed by atoms with van der Waals surface area (Å²) < 4.78 is 4.68. The van der Waals surface area contributed by atoms with Gasteiger partial charge in [0, 0.05) is 57.3 Å². The molecule has 0 atom stereocenters. The van der Waals surface area contributed by atoms with E-state index in [1.807, 2.05) is 14.1 Å². The van der Waals surface area contributed by atoms with Crippen LogP contribution in [0.15, 0.2) is 48.5 Å². The van der Waals surface area contributed by atoms with Crippen molar-refractivity contribution in [1.29, 1.82) is 0 Å². The van der Waals surface area contributed by atoms with Gasteiger partial charge in [-0.3, -0.25) is 0 Å². The normalized spacial score (nSPS) is 13.8. The van der Waals surface area contributed by atoms with E-state index in [1.165, 1.54) is 18.5 Å². The molecule has 0 spiro atoms. The third kappa shape index (κ3) is 4.54. The minimum Gasteiger partial charge on any atom is -0.465 e. The van der Waals surface area contributed by atoms with E-state index in [2.05, 4.69) is 44.1 Å². The van der Waals surface area contributed by atoms with Gasteiger partial charge in [0.2, 0.25) is 0 Å². The molecule has 0 bridgehead atoms. The van der Waals surface area contributed by atoms with Crippen LogP contribution in [0.3, 0.4) is 0 Å². The molecule has 2 aromatic rings. The van der Waals surface area contributed by atoms with Crippen LogP contribution < -0.4 is 15.1 Å². The second kappa shape index (κ2) is 8.65. The highest BCUT2D eigenvalue weighted by Crippen LogP contribution is 2.21. The molecule has 0 aliphatic carbocycles. The SMILES string of the molecule is COC(=O)c1ccc(NC(=O)N2CCN(c3ccc(N(C)C)cc3)CC2)cc1. The van der Waals surface area contributed by atoms with Crippen molar-refractivity contribution in [2.75, 3.05) is 62.5 Å². The molecule has 0 saturated carbocycles. The van der Waals surface area contributed by atoms with Gasteiger partial charge in [-0.15, -0.1) is 0 Å². The predicted molar refractivity (Wildman–Crippen MR) is 111 cm³/mol. The highest BCUT2D eigenvalue weighted by Gasteiger charge is 2.21. The fourth-order valence-corrected chi connectivity index (χ4v) is 3.14. The Bertz CT molecular complexity index is 811. The maximum absolute atomic E-state index is 12.5. The van der Waals surface area contributed by atoms with Gasteiger partial charge < -0.3 is 24.8 Å². The standard InChI is InChI=1S/C21H26N4O3/c1-23(2)18-8-10-19(11-9-18)24-12-14-25(15-13-24)21(27)22-17-6-4-16(5-7-17)20(26)28-3/h4-11H,12-15H2,1-3H3,(H,22,27). The van der Waals surface area contributed by atoms with Crippen LogP contribution >= 0.6 is 0 Å². The number of hydrogen-bond donors (Lipinski definition) is 1. The van der Waals surface area contributed by atoms with Crippen LogP contribution in [0.2, 0.25) is 0 Å². The first-order chi connectivity index (χ1) is 13.5. The highest BCUT2D eigenvalue weighted by molar-refractivity contribution is 5.92. The van der Waals surface area contributed by atoms with Crippen molar-refractivity contribution in [3.63, 3.8) is 0 Å². The van der Waals surface area contributed by atoms with Crippen LogP contribution in [0.5, 0.6) is 0 Å². The van der Waals surface area contributed by atoms with E-state index in [9.17, 15) is 9.59 Å². The van der Waals surface area contributed by atoms with E-state index in [1.54, 1.807) is 29.2 Å². The first-order valence-corrected chi connectivity index (χ1v) is 9.24. The Hall–Kier alpha value is -3.22. The molecule has 1 aliphatic heterocycles. The molecule has 3 rings (SSSR count). The van der Waals surface area contributed by atoms with Gasteiger partial charge in [-0.25, -0.2) is 9.59 Å². The summed E-state index contributed by atoms with van der Waals surface area (Å²) in [5.74, 6) is -0.396. The molecule has 2 amide bonds. The zero-order valence-electron chi connectivity index (χ0n) is 16.5. The van der Waals surface area contributed by atoms with Crippen LogP contribution in [0.25, 0.3) is 0 Å². The van der Waals surface area contributed by atoms with Gasteiger partial charge in [-0.2, -0.15) is 0 Å². The van der Waals surface area contributed by atoms with Crippen molar-refractivity contribution in [3.05, 3.63) is 54.1 Å². The van der Waals surface area contributed by atoms with Crippen LogP contribution in [-0.2, 0) is 4.74 Å². The lowest BCUT2D eigenvalue weighted by molar-refractivity contribution is 0.0600. The molecule has 0 aromatic heterocycles. The largest absolute Gasteiger partial charge is 0.465 e. The number of nitrogens with one attached hydrogen (secondary N) is 1. The third-order valence-electron chi connectivity index (χ3n) is 4.86. The highest BCUT2D eigenvalue weighted by atomic mass is 16.5. The van der Waals surface area contributed by atoms with E-state index in [4.69, 9.17) is 0 Å². The average Bonchev–Trinajstić information content (AvgIpc) is 2.74. The Morgan fingerprint density at radius 3 is 2.07 bits per heavy atom. The first-order valence-electron chi connectivity index (χ1n) is 9.24. The lowest BCUT2D eigenvalue weighted by atomic mass is 10.2. The lowest BCUT2D eigenvalue weighted by Crippen LogP contribution is -2.50. The van der Waals surface area contributed by atoms with E-state index in [-0.39, 0.29) is 6.03 Å². The molecule has 1 aliphatic rings. The number of carbonyl (C=O) groups is 2. The Labute approximate surface area is 165 Å². The molecule has 1 saturated heterocycles. The van der Waals surface area contributed by atoms with Crippen LogP contribution in [0, 0.1) is 0 Å². The van der Waals surface area contributed by atoms with Crippen molar-refractivity contribution in [1.82, 2.24) is 4.90 Å². The van der Waals surface area contributed by atoms with Crippen molar-refractivity contribution >= 4 is 29.1 Å². The number of ether oxygens (including phenoxy) is 1. The molecular formula is C21H26N4O3. The summed E-state index contributed by atoms with van der Waals surface area (Å²) in [6, 6.07) is 15.0. The summed E-state index contributed by atoms with van der Waals surface area (Å²) in [5, 5.41) is 2.88. The predicted octanol–water partition coefficient (Wildman–Crippen LogP) is 2.89. The van der Waals surface area contributed by atoms with Gasteiger partial charge in [0.1, 0.15) is 0 Å². The monoisotopic (exact) mass is 382 g/mol. The van der Waals surface area contributed by atoms with Crippen molar-refractivity contribution in [3.8, 4) is 0 Å². The molecule has 1 heterocycles. The van der Waals surface area contributed by atoms with Crippen LogP contribution in [0.1, 0.15) is 10.4 Å². The van der Waals surface area contributed by atoms with E-state index >= 15 is 0 Å². The fraction of sp³-hybridized carbons (Fsp3) is 0.333. The van der Waals surface area contributed by atoms with Crippen LogP contribution in [0.4, 0.5) is 21.9 Å². The summed E-state index contributed by atoms with van der Waals surface area (Å²) in [4.78, 5) is 30.1. The Morgan fingerprint density at radius 2 is 1.54 bits per heavy atom. The summed E-state index contributed by atoms with van der Waals surface area (Å²) in [6.45, 7) is 2.88. The molecule has 7 heteroatoms. The number of anilines is 3. The van der Waals surface area contributed by atoms with Gasteiger partial charge >= 0.3 is 12.0 Å². The number of rotatable bonds is 4. The van der Waals surface area contributed by atoms with E-state index in [0.717, 1.165) is 13.1 Å². The van der Waals surface area contributed by atoms with Gasteiger partial charge in [0.25, 0.3) is 0 Å². The molecule has 7 nitrogen and oxygen atoms in total. The number of benzene rings is 2. The second-order valence-electron chi connectivity index (χ2n) is 6.88. The van der Waals surface area contributed by atoms with Crippen molar-refractivity contribution in [2.45, 2.75) is 0 Å². The number of piperazine rings is 1. The van der Waals surface area contributed by atoms with Crippen LogP contribution in [-0.4, -0.2) is 64.3 Å². The minimum atomic E-state index is -0.396. The topological polar surface area (TPSA) is 65.1 Å². The Balaban J connectivity index is 1.52. The number of hydrogen-bond acceptors (Lipinski definition) is 5. The summed E-state index contributed by atoms with van der Waals surface area (Å²) in [5.41, 5.74) is 3.44. The third-order valence-corrected chi connectivity index (χ3v) is 4.86. The quantitative estimate of drug-likeness (QED) is 0.824. The minimum absolute atomic E-state index is 0.131.